The Hall–Kier alpha value is -1.10. The van der Waals surface area contributed by atoms with Gasteiger partial charge in [0.2, 0.25) is 0 Å². The maximum absolute atomic E-state index is 14.0. The Morgan fingerprint density at radius 2 is 1.65 bits per heavy atom. The predicted octanol–water partition coefficient (Wildman–Crippen LogP) is 7.98. The molecule has 0 aromatic carbocycles. The van der Waals surface area contributed by atoms with Crippen LogP contribution in [0.15, 0.2) is 11.6 Å². The van der Waals surface area contributed by atoms with E-state index in [9.17, 15) is 4.79 Å². The van der Waals surface area contributed by atoms with E-state index in [0.717, 1.165) is 5.92 Å². The van der Waals surface area contributed by atoms with Crippen LogP contribution in [0.2, 0.25) is 0 Å². The number of nitriles is 1. The lowest BCUT2D eigenvalue weighted by atomic mass is 9.35. The standard InChI is InChI=1S/C28H46O.CHN/c1-9-12-26(6)19(3)11-14-28(8)24(26)22(29)17-21-23-20(4)18(2)10-13-25(23,5)15-16-27(21,28)7;1-2/h17-20,23-24H,9-16H2,1-8H3;1H/t18-,19?,20+,23?,24?,25-,26+,27-,28-;/m1./s1. The van der Waals surface area contributed by atoms with E-state index in [2.05, 4.69) is 68.0 Å². The van der Waals surface area contributed by atoms with E-state index in [1.807, 2.05) is 0 Å². The highest BCUT2D eigenvalue weighted by molar-refractivity contribution is 5.95. The first-order valence-electron chi connectivity index (χ1n) is 13.0. The van der Waals surface area contributed by atoms with Crippen LogP contribution in [0.25, 0.3) is 0 Å². The van der Waals surface area contributed by atoms with E-state index in [1.165, 1.54) is 51.4 Å². The second kappa shape index (κ2) is 8.04. The number of rotatable bonds is 2. The number of ketones is 1. The number of carbonyl (C=O) groups is 1. The first kappa shape index (κ1) is 24.5. The van der Waals surface area contributed by atoms with Crippen molar-refractivity contribution in [1.82, 2.24) is 0 Å². The van der Waals surface area contributed by atoms with Crippen molar-refractivity contribution in [2.45, 2.75) is 107 Å². The Balaban J connectivity index is 0.00000132. The minimum Gasteiger partial charge on any atom is -0.295 e. The summed E-state index contributed by atoms with van der Waals surface area (Å²) in [6.07, 6.45) is 12.4. The van der Waals surface area contributed by atoms with Gasteiger partial charge in [0.15, 0.2) is 5.78 Å². The molecule has 0 bridgehead atoms. The molecule has 0 aliphatic heterocycles. The molecule has 2 heteroatoms. The van der Waals surface area contributed by atoms with Crippen LogP contribution >= 0.6 is 0 Å². The number of allylic oxidation sites excluding steroid dienone is 2. The average molecular weight is 426 g/mol. The third-order valence-electron chi connectivity index (χ3n) is 11.7. The Morgan fingerprint density at radius 3 is 2.26 bits per heavy atom. The lowest BCUT2D eigenvalue weighted by Gasteiger charge is -2.68. The molecule has 0 heterocycles. The normalized spacial score (nSPS) is 51.4. The van der Waals surface area contributed by atoms with E-state index >= 15 is 0 Å². The first-order valence-corrected chi connectivity index (χ1v) is 13.0. The highest BCUT2D eigenvalue weighted by Gasteiger charge is 2.67. The topological polar surface area (TPSA) is 40.9 Å². The quantitative estimate of drug-likeness (QED) is 0.450. The van der Waals surface area contributed by atoms with E-state index < -0.39 is 0 Å². The van der Waals surface area contributed by atoms with Crippen molar-refractivity contribution < 1.29 is 4.79 Å². The van der Waals surface area contributed by atoms with Crippen LogP contribution in [-0.2, 0) is 4.79 Å². The summed E-state index contributed by atoms with van der Waals surface area (Å²) in [4.78, 5) is 14.0. The molecule has 0 saturated heterocycles. The van der Waals surface area contributed by atoms with Gasteiger partial charge in [-0.25, -0.2) is 5.26 Å². The van der Waals surface area contributed by atoms with Crippen molar-refractivity contribution in [2.24, 2.45) is 51.2 Å². The fourth-order valence-electron chi connectivity index (χ4n) is 9.17. The zero-order valence-corrected chi connectivity index (χ0v) is 21.6. The van der Waals surface area contributed by atoms with E-state index in [-0.39, 0.29) is 22.2 Å². The highest BCUT2D eigenvalue weighted by Crippen LogP contribution is 2.73. The summed E-state index contributed by atoms with van der Waals surface area (Å²) in [5.74, 6) is 3.39. The zero-order valence-electron chi connectivity index (χ0n) is 21.6. The van der Waals surface area contributed by atoms with Gasteiger partial charge in [-0.1, -0.05) is 67.4 Å². The molecule has 3 saturated carbocycles. The van der Waals surface area contributed by atoms with Gasteiger partial charge in [-0.3, -0.25) is 4.79 Å². The van der Waals surface area contributed by atoms with Gasteiger partial charge in [-0.05, 0) is 96.4 Å². The molecular weight excluding hydrogens is 378 g/mol. The van der Waals surface area contributed by atoms with Gasteiger partial charge in [0.05, 0.1) is 0 Å². The van der Waals surface area contributed by atoms with Gasteiger partial charge in [-0.2, -0.15) is 0 Å². The Kier molecular flexibility index (Phi) is 6.36. The predicted molar refractivity (Wildman–Crippen MR) is 129 cm³/mol. The number of carbonyl (C=O) groups excluding carboxylic acids is 1. The van der Waals surface area contributed by atoms with Crippen LogP contribution in [0.3, 0.4) is 0 Å². The Morgan fingerprint density at radius 1 is 1.00 bits per heavy atom. The molecule has 4 aliphatic rings. The van der Waals surface area contributed by atoms with Crippen LogP contribution in [-0.4, -0.2) is 5.78 Å². The lowest BCUT2D eigenvalue weighted by Crippen LogP contribution is -2.63. The van der Waals surface area contributed by atoms with Gasteiger partial charge in [0.25, 0.3) is 0 Å². The highest BCUT2D eigenvalue weighted by atomic mass is 16.1. The van der Waals surface area contributed by atoms with Crippen LogP contribution < -0.4 is 0 Å². The van der Waals surface area contributed by atoms with E-state index in [4.69, 9.17) is 5.26 Å². The fourth-order valence-corrected chi connectivity index (χ4v) is 9.17. The molecule has 0 amide bonds. The summed E-state index contributed by atoms with van der Waals surface area (Å²) in [6, 6.07) is 0. The minimum atomic E-state index is 0.117. The number of nitrogens with zero attached hydrogens (tertiary/aromatic N) is 1. The Labute approximate surface area is 192 Å². The van der Waals surface area contributed by atoms with Gasteiger partial charge in [0, 0.05) is 12.5 Å². The molecule has 0 radical (unpaired) electrons. The average Bonchev–Trinajstić information content (AvgIpc) is 2.72. The largest absolute Gasteiger partial charge is 0.295 e. The summed E-state index contributed by atoms with van der Waals surface area (Å²) in [5, 5.41) is 6.50. The van der Waals surface area contributed by atoms with Crippen LogP contribution in [0.1, 0.15) is 107 Å². The molecule has 3 unspecified atom stereocenters. The lowest BCUT2D eigenvalue weighted by molar-refractivity contribution is -0.164. The van der Waals surface area contributed by atoms with Crippen LogP contribution in [0.4, 0.5) is 0 Å². The molecule has 0 aromatic rings. The Bertz CT molecular complexity index is 766. The van der Waals surface area contributed by atoms with E-state index in [1.54, 1.807) is 5.57 Å². The first-order chi connectivity index (χ1) is 14.4. The smallest absolute Gasteiger partial charge is 0.159 e. The molecular formula is C29H47NO. The third-order valence-corrected chi connectivity index (χ3v) is 11.7. The minimum absolute atomic E-state index is 0.117. The van der Waals surface area contributed by atoms with Gasteiger partial charge in [-0.15, -0.1) is 0 Å². The summed E-state index contributed by atoms with van der Waals surface area (Å²) in [7, 11) is 0. The molecule has 3 fully saturated rings. The molecule has 0 N–H and O–H groups in total. The van der Waals surface area contributed by atoms with Crippen molar-refractivity contribution in [3.8, 4) is 6.57 Å². The molecule has 4 rings (SSSR count). The van der Waals surface area contributed by atoms with Crippen LogP contribution in [0.5, 0.6) is 0 Å². The maximum Gasteiger partial charge on any atom is 0.159 e. The summed E-state index contributed by atoms with van der Waals surface area (Å²) in [6.45, 7) is 23.3. The molecule has 2 nitrogen and oxygen atoms in total. The maximum atomic E-state index is 14.0. The van der Waals surface area contributed by atoms with Crippen molar-refractivity contribution in [2.75, 3.05) is 0 Å². The van der Waals surface area contributed by atoms with Gasteiger partial charge >= 0.3 is 0 Å². The number of hydrogen-bond donors (Lipinski definition) is 0. The second-order valence-electron chi connectivity index (χ2n) is 12.9. The summed E-state index contributed by atoms with van der Waals surface area (Å²) >= 11 is 0. The molecule has 0 aromatic heterocycles. The molecule has 0 spiro atoms. The van der Waals surface area contributed by atoms with Gasteiger partial charge < -0.3 is 0 Å². The second-order valence-corrected chi connectivity index (χ2v) is 12.9. The molecule has 174 valence electrons. The fraction of sp³-hybridized carbons (Fsp3) is 0.862. The third kappa shape index (κ3) is 3.20. The monoisotopic (exact) mass is 425 g/mol. The van der Waals surface area contributed by atoms with E-state index in [0.29, 0.717) is 29.0 Å². The van der Waals surface area contributed by atoms with Gasteiger partial charge in [0.1, 0.15) is 0 Å². The number of hydrogen-bond acceptors (Lipinski definition) is 2. The molecule has 31 heavy (non-hydrogen) atoms. The molecule has 9 atom stereocenters. The van der Waals surface area contributed by atoms with Crippen molar-refractivity contribution in [3.63, 3.8) is 0 Å². The SMILES string of the molecule is C#N.CCC[C@@]1(C)C(C)CC[C@]2(C)C1C(=O)C=C1C3[C@@H](C)[C@H](C)CC[C@]3(C)CC[C@]12C. The molecule has 4 aliphatic carbocycles. The number of fused-ring (bicyclic) bond motifs is 5. The van der Waals surface area contributed by atoms with Crippen molar-refractivity contribution in [3.05, 3.63) is 11.6 Å². The summed E-state index contributed by atoms with van der Waals surface area (Å²) < 4.78 is 0. The van der Waals surface area contributed by atoms with Crippen LogP contribution in [0, 0.1) is 63.1 Å². The van der Waals surface area contributed by atoms with Crippen molar-refractivity contribution >= 4 is 5.78 Å². The van der Waals surface area contributed by atoms with Crippen molar-refractivity contribution in [1.29, 1.82) is 5.26 Å². The zero-order chi connectivity index (χ0) is 23.4. The summed E-state index contributed by atoms with van der Waals surface area (Å²) in [5.41, 5.74) is 2.43.